The fourth-order valence-corrected chi connectivity index (χ4v) is 2.46. The van der Waals surface area contributed by atoms with Crippen LogP contribution in [0.15, 0.2) is 24.3 Å². The third-order valence-electron chi connectivity index (χ3n) is 4.02. The van der Waals surface area contributed by atoms with Crippen molar-refractivity contribution in [1.29, 1.82) is 0 Å². The van der Waals surface area contributed by atoms with Crippen molar-refractivity contribution in [2.45, 2.75) is 19.4 Å². The van der Waals surface area contributed by atoms with Crippen LogP contribution in [-0.2, 0) is 9.59 Å². The van der Waals surface area contributed by atoms with Crippen LogP contribution in [0.1, 0.15) is 24.9 Å². The summed E-state index contributed by atoms with van der Waals surface area (Å²) in [6, 6.07) is 6.66. The lowest BCUT2D eigenvalue weighted by atomic mass is 10.1. The maximum absolute atomic E-state index is 12.4. The molecule has 7 heteroatoms. The molecule has 0 unspecified atom stereocenters. The number of nitrogens with one attached hydrogen (secondary N) is 1. The number of likely N-dealkylation sites (N-methyl/N-ethyl adjacent to an activating group) is 1. The Morgan fingerprint density at radius 2 is 2.09 bits per heavy atom. The van der Waals surface area contributed by atoms with Gasteiger partial charge in [-0.2, -0.15) is 0 Å². The van der Waals surface area contributed by atoms with E-state index in [-0.39, 0.29) is 30.8 Å². The van der Waals surface area contributed by atoms with Crippen LogP contribution in [0.4, 0.5) is 4.79 Å². The number of nitrogens with zero attached hydrogens (tertiary/aromatic N) is 2. The van der Waals surface area contributed by atoms with Crippen LogP contribution in [0.5, 0.6) is 5.75 Å². The van der Waals surface area contributed by atoms with Crippen molar-refractivity contribution in [1.82, 2.24) is 15.1 Å². The molecule has 4 amide bonds. The minimum absolute atomic E-state index is 0.213. The van der Waals surface area contributed by atoms with Gasteiger partial charge in [0.25, 0.3) is 0 Å². The molecule has 124 valence electrons. The highest BCUT2D eigenvalue weighted by Crippen LogP contribution is 2.28. The number of para-hydroxylation sites is 1. The quantitative estimate of drug-likeness (QED) is 0.883. The number of ether oxygens (including phenoxy) is 1. The zero-order valence-corrected chi connectivity index (χ0v) is 13.5. The highest BCUT2D eigenvalue weighted by atomic mass is 16.5. The lowest BCUT2D eigenvalue weighted by molar-refractivity contribution is -0.139. The van der Waals surface area contributed by atoms with Crippen LogP contribution in [0, 0.1) is 0 Å². The smallest absolute Gasteiger partial charge is 0.324 e. The molecule has 0 spiro atoms. The van der Waals surface area contributed by atoms with Gasteiger partial charge in [-0.15, -0.1) is 0 Å². The Kier molecular flexibility index (Phi) is 5.20. The molecule has 1 aliphatic rings. The van der Waals surface area contributed by atoms with Crippen molar-refractivity contribution < 1.29 is 19.1 Å². The first-order valence-corrected chi connectivity index (χ1v) is 7.42. The van der Waals surface area contributed by atoms with Gasteiger partial charge in [0.2, 0.25) is 11.8 Å². The largest absolute Gasteiger partial charge is 0.496 e. The molecule has 0 radical (unpaired) electrons. The number of hydrogen-bond acceptors (Lipinski definition) is 4. The number of urea groups is 1. The number of rotatable bonds is 5. The molecular weight excluding hydrogens is 298 g/mol. The molecular formula is C16H21N3O4. The normalized spacial score (nSPS) is 15.9. The number of hydrogen-bond donors (Lipinski definition) is 1. The van der Waals surface area contributed by atoms with E-state index in [1.165, 1.54) is 4.90 Å². The summed E-state index contributed by atoms with van der Waals surface area (Å²) in [5.74, 6) is 0.0423. The molecule has 1 fully saturated rings. The first-order chi connectivity index (χ1) is 11.0. The third-order valence-corrected chi connectivity index (χ3v) is 4.02. The molecule has 1 aliphatic heterocycles. The minimum Gasteiger partial charge on any atom is -0.496 e. The van der Waals surface area contributed by atoms with Crippen LogP contribution in [0.3, 0.4) is 0 Å². The number of amides is 4. The molecule has 0 saturated carbocycles. The second-order valence-electron chi connectivity index (χ2n) is 5.38. The van der Waals surface area contributed by atoms with Gasteiger partial charge in [-0.05, 0) is 13.0 Å². The van der Waals surface area contributed by atoms with Gasteiger partial charge >= 0.3 is 6.03 Å². The van der Waals surface area contributed by atoms with E-state index >= 15 is 0 Å². The minimum atomic E-state index is -0.520. The van der Waals surface area contributed by atoms with Crippen molar-refractivity contribution >= 4 is 17.8 Å². The Balaban J connectivity index is 2.09. The Labute approximate surface area is 135 Å². The number of carbonyl (C=O) groups excluding carboxylic acids is 3. The monoisotopic (exact) mass is 319 g/mol. The van der Waals surface area contributed by atoms with E-state index in [0.29, 0.717) is 12.3 Å². The summed E-state index contributed by atoms with van der Waals surface area (Å²) in [4.78, 5) is 38.4. The lowest BCUT2D eigenvalue weighted by Crippen LogP contribution is -2.53. The van der Waals surface area contributed by atoms with Gasteiger partial charge in [-0.25, -0.2) is 4.79 Å². The van der Waals surface area contributed by atoms with E-state index in [1.54, 1.807) is 14.2 Å². The Bertz CT molecular complexity index is 601. The summed E-state index contributed by atoms with van der Waals surface area (Å²) >= 11 is 0. The van der Waals surface area contributed by atoms with Gasteiger partial charge < -0.3 is 15.0 Å². The number of imide groups is 1. The molecule has 2 rings (SSSR count). The molecule has 1 aromatic carbocycles. The van der Waals surface area contributed by atoms with E-state index in [4.69, 9.17) is 4.74 Å². The van der Waals surface area contributed by atoms with E-state index < -0.39 is 6.03 Å². The zero-order valence-electron chi connectivity index (χ0n) is 13.5. The molecule has 0 aliphatic carbocycles. The fraction of sp³-hybridized carbons (Fsp3) is 0.438. The molecule has 1 saturated heterocycles. The first-order valence-electron chi connectivity index (χ1n) is 7.42. The summed E-state index contributed by atoms with van der Waals surface area (Å²) in [7, 11) is 3.22. The van der Waals surface area contributed by atoms with Crippen molar-refractivity contribution in [2.24, 2.45) is 0 Å². The second-order valence-corrected chi connectivity index (χ2v) is 5.38. The zero-order chi connectivity index (χ0) is 17.0. The third kappa shape index (κ3) is 3.61. The van der Waals surface area contributed by atoms with Crippen molar-refractivity contribution in [3.63, 3.8) is 0 Å². The highest BCUT2D eigenvalue weighted by molar-refractivity contribution is 6.00. The van der Waals surface area contributed by atoms with Crippen LogP contribution in [0.25, 0.3) is 0 Å². The van der Waals surface area contributed by atoms with E-state index in [2.05, 4.69) is 5.32 Å². The lowest BCUT2D eigenvalue weighted by Gasteiger charge is -2.30. The van der Waals surface area contributed by atoms with Crippen molar-refractivity contribution in [3.05, 3.63) is 29.8 Å². The number of benzene rings is 1. The Morgan fingerprint density at radius 1 is 1.39 bits per heavy atom. The van der Waals surface area contributed by atoms with Crippen LogP contribution >= 0.6 is 0 Å². The number of carbonyl (C=O) groups is 3. The molecule has 1 atom stereocenters. The molecule has 0 bridgehead atoms. The Morgan fingerprint density at radius 3 is 2.74 bits per heavy atom. The van der Waals surface area contributed by atoms with E-state index in [1.807, 2.05) is 31.2 Å². The maximum Gasteiger partial charge on any atom is 0.324 e. The van der Waals surface area contributed by atoms with Crippen molar-refractivity contribution in [2.75, 3.05) is 27.2 Å². The van der Waals surface area contributed by atoms with Crippen LogP contribution < -0.4 is 10.1 Å². The molecule has 1 aromatic rings. The van der Waals surface area contributed by atoms with E-state index in [0.717, 1.165) is 10.5 Å². The average molecular weight is 319 g/mol. The standard InChI is InChI=1S/C16H21N3O4/c1-11(12-6-4-5-7-13(12)23-3)18(2)15(21)10-19-14(20)8-9-17-16(19)22/h4-7,11H,8-10H2,1-3H3,(H,17,22)/t11-/m0/s1. The number of methoxy groups -OCH3 is 1. The first kappa shape index (κ1) is 16.8. The molecule has 0 aromatic heterocycles. The van der Waals surface area contributed by atoms with Gasteiger partial charge in [0.15, 0.2) is 0 Å². The predicted octanol–water partition coefficient (Wildman–Crippen LogP) is 1.16. The molecule has 7 nitrogen and oxygen atoms in total. The SMILES string of the molecule is COc1ccccc1[C@H](C)N(C)C(=O)CN1C(=O)CCNC1=O. The van der Waals surface area contributed by atoms with E-state index in [9.17, 15) is 14.4 Å². The fourth-order valence-electron chi connectivity index (χ4n) is 2.46. The van der Waals surface area contributed by atoms with Gasteiger partial charge in [0, 0.05) is 25.6 Å². The molecule has 23 heavy (non-hydrogen) atoms. The average Bonchev–Trinajstić information content (AvgIpc) is 2.56. The summed E-state index contributed by atoms with van der Waals surface area (Å²) < 4.78 is 5.31. The highest BCUT2D eigenvalue weighted by Gasteiger charge is 2.30. The molecule has 1 heterocycles. The van der Waals surface area contributed by atoms with Crippen LogP contribution in [-0.4, -0.2) is 54.9 Å². The van der Waals surface area contributed by atoms with Gasteiger partial charge in [-0.1, -0.05) is 18.2 Å². The molecule has 1 N–H and O–H groups in total. The summed E-state index contributed by atoms with van der Waals surface area (Å²) in [5, 5.41) is 2.56. The van der Waals surface area contributed by atoms with Gasteiger partial charge in [0.1, 0.15) is 12.3 Å². The van der Waals surface area contributed by atoms with Crippen LogP contribution in [0.2, 0.25) is 0 Å². The summed E-state index contributed by atoms with van der Waals surface area (Å²) in [6.45, 7) is 1.92. The topological polar surface area (TPSA) is 79.0 Å². The predicted molar refractivity (Wildman–Crippen MR) is 83.9 cm³/mol. The maximum atomic E-state index is 12.4. The van der Waals surface area contributed by atoms with Gasteiger partial charge in [0.05, 0.1) is 13.2 Å². The van der Waals surface area contributed by atoms with Crippen molar-refractivity contribution in [3.8, 4) is 5.75 Å². The summed E-state index contributed by atoms with van der Waals surface area (Å²) in [6.07, 6.45) is 0.213. The summed E-state index contributed by atoms with van der Waals surface area (Å²) in [5.41, 5.74) is 0.861. The second kappa shape index (κ2) is 7.13. The van der Waals surface area contributed by atoms with Gasteiger partial charge in [-0.3, -0.25) is 14.5 Å². The Hall–Kier alpha value is -2.57.